The Bertz CT molecular complexity index is 260. The monoisotopic (exact) mass is 226 g/mol. The van der Waals surface area contributed by atoms with E-state index in [1.54, 1.807) is 0 Å². The summed E-state index contributed by atoms with van der Waals surface area (Å²) in [6.07, 6.45) is 3.13. The van der Waals surface area contributed by atoms with Crippen LogP contribution in [-0.4, -0.2) is 37.0 Å². The van der Waals surface area contributed by atoms with Crippen LogP contribution in [0, 0.1) is 17.8 Å². The summed E-state index contributed by atoms with van der Waals surface area (Å²) in [5.41, 5.74) is 0. The molecular weight excluding hydrogens is 200 g/mol. The average Bonchev–Trinajstić information content (AvgIpc) is 2.25. The van der Waals surface area contributed by atoms with Crippen LogP contribution >= 0.6 is 0 Å². The van der Waals surface area contributed by atoms with Crippen molar-refractivity contribution >= 4 is 5.91 Å². The number of nitrogens with zero attached hydrogens (tertiary/aromatic N) is 1. The van der Waals surface area contributed by atoms with Crippen LogP contribution in [0.15, 0.2) is 0 Å². The maximum Gasteiger partial charge on any atom is 0.220 e. The second kappa shape index (κ2) is 4.74. The third-order valence-corrected chi connectivity index (χ3v) is 4.35. The average molecular weight is 226 g/mol. The number of carbonyl (C=O) groups is 1. The van der Waals surface area contributed by atoms with Gasteiger partial charge in [0.05, 0.1) is 0 Å². The van der Waals surface area contributed by atoms with Gasteiger partial charge in [-0.1, -0.05) is 6.92 Å². The smallest absolute Gasteiger partial charge is 0.220 e. The third kappa shape index (κ3) is 2.40. The van der Waals surface area contributed by atoms with Gasteiger partial charge in [0.15, 0.2) is 0 Å². The van der Waals surface area contributed by atoms with Gasteiger partial charge in [-0.3, -0.25) is 4.79 Å². The van der Waals surface area contributed by atoms with Crippen LogP contribution in [0.3, 0.4) is 0 Å². The van der Waals surface area contributed by atoms with Crippen LogP contribution in [0.25, 0.3) is 0 Å². The predicted molar refractivity (Wildman–Crippen MR) is 67.2 cm³/mol. The molecule has 0 spiro atoms. The molecule has 1 N–H and O–H groups in total. The molecule has 0 aromatic rings. The summed E-state index contributed by atoms with van der Waals surface area (Å²) in [5, 5.41) is 3.08. The molecule has 2 heterocycles. The molecule has 0 aromatic carbocycles. The second-order valence-electron chi connectivity index (χ2n) is 5.72. The molecule has 0 radical (unpaired) electrons. The quantitative estimate of drug-likeness (QED) is 0.792. The Hall–Kier alpha value is -0.570. The fourth-order valence-corrected chi connectivity index (χ4v) is 3.21. The summed E-state index contributed by atoms with van der Waals surface area (Å²) >= 11 is 0. The zero-order valence-electron chi connectivity index (χ0n) is 10.7. The Morgan fingerprint density at radius 1 is 1.50 bits per heavy atom. The fourth-order valence-electron chi connectivity index (χ4n) is 3.21. The first kappa shape index (κ1) is 11.9. The number of fused-ring (bicyclic) bond motifs is 2. The molecule has 2 bridgehead atoms. The molecule has 1 saturated carbocycles. The van der Waals surface area contributed by atoms with E-state index in [0.29, 0.717) is 12.0 Å². The number of hydrogen-bond acceptors (Lipinski definition) is 2. The van der Waals surface area contributed by atoms with Gasteiger partial charge in [0.2, 0.25) is 5.91 Å². The lowest BCUT2D eigenvalue weighted by atomic mass is 9.60. The van der Waals surface area contributed by atoms with E-state index in [1.165, 1.54) is 19.5 Å². The van der Waals surface area contributed by atoms with Crippen LogP contribution in [-0.2, 0) is 4.79 Å². The molecule has 2 aliphatic heterocycles. The number of carbonyl (C=O) groups excluding carboxylic acids is 1. The van der Waals surface area contributed by atoms with Crippen LogP contribution in [0.5, 0.6) is 0 Å². The molecule has 3 aliphatic rings. The van der Waals surface area contributed by atoms with E-state index >= 15 is 0 Å². The van der Waals surface area contributed by atoms with Crippen molar-refractivity contribution in [2.45, 2.75) is 39.2 Å². The lowest BCUT2D eigenvalue weighted by Gasteiger charge is -2.52. The van der Waals surface area contributed by atoms with Gasteiger partial charge in [0.1, 0.15) is 0 Å². The van der Waals surface area contributed by atoms with Crippen LogP contribution in [0.4, 0.5) is 0 Å². The van der Waals surface area contributed by atoms with E-state index in [4.69, 9.17) is 0 Å². The lowest BCUT2D eigenvalue weighted by Crippen LogP contribution is -2.55. The van der Waals surface area contributed by atoms with Crippen molar-refractivity contribution in [1.82, 2.24) is 10.2 Å². The minimum absolute atomic E-state index is 0. The Morgan fingerprint density at radius 3 is 2.69 bits per heavy atom. The molecular formula is C13H26N2O. The first-order valence-electron chi connectivity index (χ1n) is 6.58. The van der Waals surface area contributed by atoms with Gasteiger partial charge < -0.3 is 10.2 Å². The van der Waals surface area contributed by atoms with E-state index in [2.05, 4.69) is 31.1 Å². The van der Waals surface area contributed by atoms with Crippen molar-refractivity contribution in [2.24, 2.45) is 17.8 Å². The topological polar surface area (TPSA) is 32.3 Å². The zero-order chi connectivity index (χ0) is 11.7. The Morgan fingerprint density at radius 2 is 2.12 bits per heavy atom. The molecule has 94 valence electrons. The highest BCUT2D eigenvalue weighted by Gasteiger charge is 2.46. The molecule has 2 saturated heterocycles. The molecule has 1 amide bonds. The first-order valence-corrected chi connectivity index (χ1v) is 6.58. The van der Waals surface area contributed by atoms with Gasteiger partial charge >= 0.3 is 0 Å². The number of rotatable bonds is 4. The van der Waals surface area contributed by atoms with E-state index in [-0.39, 0.29) is 7.33 Å². The summed E-state index contributed by atoms with van der Waals surface area (Å²) in [5.74, 6) is 2.50. The normalized spacial score (nSPS) is 35.3. The maximum atomic E-state index is 11.8. The van der Waals surface area contributed by atoms with E-state index in [9.17, 15) is 4.79 Å². The van der Waals surface area contributed by atoms with Crippen molar-refractivity contribution in [3.63, 3.8) is 0 Å². The first-order chi connectivity index (χ1) is 7.60. The van der Waals surface area contributed by atoms with Crippen molar-refractivity contribution < 1.29 is 6.22 Å². The van der Waals surface area contributed by atoms with Gasteiger partial charge in [-0.15, -0.1) is 0 Å². The highest BCUT2D eigenvalue weighted by Crippen LogP contribution is 2.46. The minimum Gasteiger partial charge on any atom is -0.354 e. The Balaban J connectivity index is 0.00000144. The Kier molecular flexibility index (Phi) is 3.53. The zero-order valence-corrected chi connectivity index (χ0v) is 10.7. The highest BCUT2D eigenvalue weighted by atomic mass is 16.1. The molecule has 3 heteroatoms. The number of hydrogen-bond donors (Lipinski definition) is 1. The SMILES string of the molecule is CC[C@H](C)NC(=O)CC1C2CC1CN(C)C2.[HH]. The molecule has 3 fully saturated rings. The van der Waals surface area contributed by atoms with Crippen LogP contribution in [0.1, 0.15) is 34.5 Å². The summed E-state index contributed by atoms with van der Waals surface area (Å²) in [7, 11) is 2.19. The van der Waals surface area contributed by atoms with Crippen LogP contribution in [0.2, 0.25) is 0 Å². The van der Waals surface area contributed by atoms with Crippen LogP contribution < -0.4 is 5.32 Å². The lowest BCUT2D eigenvalue weighted by molar-refractivity contribution is -0.127. The molecule has 3 nitrogen and oxygen atoms in total. The summed E-state index contributed by atoms with van der Waals surface area (Å²) in [6.45, 7) is 6.57. The molecule has 1 aliphatic carbocycles. The molecule has 3 atom stereocenters. The van der Waals surface area contributed by atoms with Crippen molar-refractivity contribution in [3.8, 4) is 0 Å². The second-order valence-corrected chi connectivity index (χ2v) is 5.72. The summed E-state index contributed by atoms with van der Waals surface area (Å²) in [4.78, 5) is 14.2. The standard InChI is InChI=1S/C13H24N2O.H2/c1-4-9(2)14-13(16)6-12-10-5-11(12)8-15(3)7-10;/h9-12H,4-8H2,1-3H3,(H,14,16);1H/t9-,10?,11?,12?;/m0./s1. The number of nitrogens with one attached hydrogen (secondary N) is 1. The minimum atomic E-state index is 0. The summed E-state index contributed by atoms with van der Waals surface area (Å²) in [6, 6.07) is 0.329. The van der Waals surface area contributed by atoms with Gasteiger partial charge in [0, 0.05) is 27.0 Å². The van der Waals surface area contributed by atoms with Crippen molar-refractivity contribution in [2.75, 3.05) is 20.1 Å². The van der Waals surface area contributed by atoms with Gasteiger partial charge in [-0.2, -0.15) is 0 Å². The highest BCUT2D eigenvalue weighted by molar-refractivity contribution is 5.76. The predicted octanol–water partition coefficient (Wildman–Crippen LogP) is 1.73. The van der Waals surface area contributed by atoms with Crippen molar-refractivity contribution in [3.05, 3.63) is 0 Å². The largest absolute Gasteiger partial charge is 0.354 e. The van der Waals surface area contributed by atoms with Gasteiger partial charge in [-0.25, -0.2) is 0 Å². The van der Waals surface area contributed by atoms with Gasteiger partial charge in [-0.05, 0) is 44.6 Å². The fraction of sp³-hybridized carbons (Fsp3) is 0.923. The number of amides is 1. The van der Waals surface area contributed by atoms with E-state index < -0.39 is 0 Å². The molecule has 16 heavy (non-hydrogen) atoms. The molecule has 0 aromatic heterocycles. The van der Waals surface area contributed by atoms with Crippen molar-refractivity contribution in [1.29, 1.82) is 0 Å². The maximum absolute atomic E-state index is 11.8. The molecule has 2 unspecified atom stereocenters. The van der Waals surface area contributed by atoms with E-state index in [0.717, 1.165) is 24.7 Å². The number of piperidine rings is 2. The summed E-state index contributed by atoms with van der Waals surface area (Å²) < 4.78 is 0. The third-order valence-electron chi connectivity index (χ3n) is 4.35. The Labute approximate surface area is 100 Å². The van der Waals surface area contributed by atoms with E-state index in [1.807, 2.05) is 0 Å². The van der Waals surface area contributed by atoms with Gasteiger partial charge in [0.25, 0.3) is 0 Å². The molecule has 3 rings (SSSR count).